The van der Waals surface area contributed by atoms with Crippen LogP contribution in [0, 0.1) is 21.4 Å². The number of rotatable bonds is 4. The minimum atomic E-state index is -3.61. The molecule has 7 heteroatoms. The molecule has 1 rings (SSSR count). The van der Waals surface area contributed by atoms with Crippen molar-refractivity contribution in [2.45, 2.75) is 11.3 Å². The second kappa shape index (κ2) is 4.72. The van der Waals surface area contributed by atoms with Crippen molar-refractivity contribution in [2.24, 2.45) is 0 Å². The number of nitrogens with zero attached hydrogens (tertiary/aromatic N) is 2. The van der Waals surface area contributed by atoms with E-state index in [0.717, 1.165) is 6.07 Å². The summed E-state index contributed by atoms with van der Waals surface area (Å²) in [6.45, 7) is 0. The number of non-ortho nitro benzene ring substituents is 1. The van der Waals surface area contributed by atoms with E-state index in [1.807, 2.05) is 0 Å². The van der Waals surface area contributed by atoms with E-state index in [4.69, 9.17) is 5.26 Å². The molecule has 0 radical (unpaired) electrons. The monoisotopic (exact) mass is 240 g/mol. The summed E-state index contributed by atoms with van der Waals surface area (Å²) in [4.78, 5) is 9.66. The summed E-state index contributed by atoms with van der Waals surface area (Å²) < 4.78 is 23.2. The van der Waals surface area contributed by atoms with Gasteiger partial charge in [-0.1, -0.05) is 6.07 Å². The van der Waals surface area contributed by atoms with E-state index >= 15 is 0 Å². The van der Waals surface area contributed by atoms with Crippen molar-refractivity contribution in [3.05, 3.63) is 34.4 Å². The van der Waals surface area contributed by atoms with Crippen LogP contribution in [-0.4, -0.2) is 19.1 Å². The standard InChI is InChI=1S/C9H8N2O4S/c10-5-2-6-16(14,15)9-4-1-3-8(7-9)11(12)13/h1,3-4,7H,2,6H2. The number of nitriles is 1. The number of nitro groups is 1. The molecule has 0 saturated heterocycles. The lowest BCUT2D eigenvalue weighted by Gasteiger charge is -2.01. The summed E-state index contributed by atoms with van der Waals surface area (Å²) in [7, 11) is -3.61. The first-order valence-corrected chi connectivity index (χ1v) is 5.97. The van der Waals surface area contributed by atoms with Gasteiger partial charge in [0, 0.05) is 18.6 Å². The molecule has 0 aliphatic heterocycles. The molecule has 84 valence electrons. The highest BCUT2D eigenvalue weighted by molar-refractivity contribution is 7.91. The fourth-order valence-electron chi connectivity index (χ4n) is 1.09. The van der Waals surface area contributed by atoms with Crippen LogP contribution in [0.5, 0.6) is 0 Å². The van der Waals surface area contributed by atoms with Crippen molar-refractivity contribution < 1.29 is 13.3 Å². The summed E-state index contributed by atoms with van der Waals surface area (Å²) in [5, 5.41) is 18.7. The van der Waals surface area contributed by atoms with Gasteiger partial charge < -0.3 is 0 Å². The zero-order chi connectivity index (χ0) is 12.2. The van der Waals surface area contributed by atoms with E-state index < -0.39 is 14.8 Å². The average Bonchev–Trinajstić information content (AvgIpc) is 2.26. The van der Waals surface area contributed by atoms with E-state index in [1.165, 1.54) is 18.2 Å². The van der Waals surface area contributed by atoms with Crippen LogP contribution in [0.3, 0.4) is 0 Å². The van der Waals surface area contributed by atoms with Crippen LogP contribution >= 0.6 is 0 Å². The Morgan fingerprint density at radius 1 is 1.44 bits per heavy atom. The third-order valence-corrected chi connectivity index (χ3v) is 3.58. The topological polar surface area (TPSA) is 101 Å². The Morgan fingerprint density at radius 2 is 2.12 bits per heavy atom. The first kappa shape index (κ1) is 12.1. The Balaban J connectivity index is 3.10. The normalized spacial score (nSPS) is 10.7. The maximum atomic E-state index is 11.6. The van der Waals surface area contributed by atoms with E-state index in [9.17, 15) is 18.5 Å². The van der Waals surface area contributed by atoms with Gasteiger partial charge in [-0.3, -0.25) is 10.1 Å². The van der Waals surface area contributed by atoms with Gasteiger partial charge in [-0.15, -0.1) is 0 Å². The maximum Gasteiger partial charge on any atom is 0.270 e. The molecule has 0 aliphatic carbocycles. The average molecular weight is 240 g/mol. The molecule has 0 N–H and O–H groups in total. The second-order valence-corrected chi connectivity index (χ2v) is 5.09. The van der Waals surface area contributed by atoms with Gasteiger partial charge in [-0.25, -0.2) is 8.42 Å². The van der Waals surface area contributed by atoms with Gasteiger partial charge in [-0.2, -0.15) is 5.26 Å². The van der Waals surface area contributed by atoms with Gasteiger partial charge in [0.05, 0.1) is 21.6 Å². The molecule has 0 saturated carbocycles. The van der Waals surface area contributed by atoms with Crippen LogP contribution in [0.1, 0.15) is 6.42 Å². The van der Waals surface area contributed by atoms with Crippen LogP contribution in [-0.2, 0) is 9.84 Å². The van der Waals surface area contributed by atoms with Gasteiger partial charge >= 0.3 is 0 Å². The fourth-order valence-corrected chi connectivity index (χ4v) is 2.27. The first-order chi connectivity index (χ1) is 7.47. The van der Waals surface area contributed by atoms with E-state index in [2.05, 4.69) is 0 Å². The van der Waals surface area contributed by atoms with Crippen molar-refractivity contribution in [3.8, 4) is 6.07 Å². The SMILES string of the molecule is N#CCCS(=O)(=O)c1cccc([N+](=O)[O-])c1. The predicted molar refractivity (Wildman–Crippen MR) is 55.4 cm³/mol. The zero-order valence-corrected chi connectivity index (χ0v) is 8.98. The Bertz CT molecular complexity index is 545. The number of hydrogen-bond acceptors (Lipinski definition) is 5. The Morgan fingerprint density at radius 3 is 2.69 bits per heavy atom. The fraction of sp³-hybridized carbons (Fsp3) is 0.222. The van der Waals surface area contributed by atoms with Crippen LogP contribution < -0.4 is 0 Å². The predicted octanol–water partition coefficient (Wildman–Crippen LogP) is 1.28. The van der Waals surface area contributed by atoms with Gasteiger partial charge in [0.2, 0.25) is 0 Å². The highest BCUT2D eigenvalue weighted by atomic mass is 32.2. The first-order valence-electron chi connectivity index (χ1n) is 4.31. The van der Waals surface area contributed by atoms with Gasteiger partial charge in [-0.05, 0) is 6.07 Å². The number of hydrogen-bond donors (Lipinski definition) is 0. The molecule has 1 aromatic rings. The summed E-state index contributed by atoms with van der Waals surface area (Å²) in [6, 6.07) is 6.50. The molecule has 0 heterocycles. The highest BCUT2D eigenvalue weighted by Crippen LogP contribution is 2.18. The Labute approximate surface area is 92.2 Å². The molecule has 0 aliphatic rings. The van der Waals surface area contributed by atoms with Crippen molar-refractivity contribution in [2.75, 3.05) is 5.75 Å². The molecular weight excluding hydrogens is 232 g/mol. The quantitative estimate of drug-likeness (QED) is 0.582. The van der Waals surface area contributed by atoms with Crippen molar-refractivity contribution >= 4 is 15.5 Å². The third kappa shape index (κ3) is 2.77. The van der Waals surface area contributed by atoms with Crippen molar-refractivity contribution in [1.82, 2.24) is 0 Å². The van der Waals surface area contributed by atoms with Crippen LogP contribution in [0.25, 0.3) is 0 Å². The molecule has 0 fully saturated rings. The van der Waals surface area contributed by atoms with Crippen LogP contribution in [0.15, 0.2) is 29.2 Å². The van der Waals surface area contributed by atoms with E-state index in [-0.39, 0.29) is 22.8 Å². The molecule has 0 unspecified atom stereocenters. The van der Waals surface area contributed by atoms with Gasteiger partial charge in [0.1, 0.15) is 0 Å². The Hall–Kier alpha value is -1.94. The number of nitro benzene ring substituents is 1. The van der Waals surface area contributed by atoms with Crippen molar-refractivity contribution in [3.63, 3.8) is 0 Å². The molecule has 0 atom stereocenters. The molecule has 16 heavy (non-hydrogen) atoms. The number of benzene rings is 1. The third-order valence-electron chi connectivity index (χ3n) is 1.87. The molecule has 0 aromatic heterocycles. The molecule has 1 aromatic carbocycles. The molecule has 0 bridgehead atoms. The van der Waals surface area contributed by atoms with E-state index in [0.29, 0.717) is 0 Å². The van der Waals surface area contributed by atoms with Crippen molar-refractivity contribution in [1.29, 1.82) is 5.26 Å². The summed E-state index contributed by atoms with van der Waals surface area (Å²) in [5.41, 5.74) is -0.280. The largest absolute Gasteiger partial charge is 0.270 e. The Kier molecular flexibility index (Phi) is 3.58. The molecule has 0 spiro atoms. The number of sulfone groups is 1. The minimum absolute atomic E-state index is 0.128. The molecule has 6 nitrogen and oxygen atoms in total. The summed E-state index contributed by atoms with van der Waals surface area (Å²) in [6.07, 6.45) is -0.134. The van der Waals surface area contributed by atoms with Crippen LogP contribution in [0.4, 0.5) is 5.69 Å². The molecular formula is C9H8N2O4S. The zero-order valence-electron chi connectivity index (χ0n) is 8.16. The lowest BCUT2D eigenvalue weighted by atomic mass is 10.3. The summed E-state index contributed by atoms with van der Waals surface area (Å²) >= 11 is 0. The lowest BCUT2D eigenvalue weighted by Crippen LogP contribution is -2.06. The van der Waals surface area contributed by atoms with Crippen LogP contribution in [0.2, 0.25) is 0 Å². The van der Waals surface area contributed by atoms with Gasteiger partial charge in [0.15, 0.2) is 9.84 Å². The maximum absolute atomic E-state index is 11.6. The summed E-state index contributed by atoms with van der Waals surface area (Å²) in [5.74, 6) is -0.329. The van der Waals surface area contributed by atoms with Gasteiger partial charge in [0.25, 0.3) is 5.69 Å². The smallest absolute Gasteiger partial charge is 0.258 e. The minimum Gasteiger partial charge on any atom is -0.258 e. The lowest BCUT2D eigenvalue weighted by molar-refractivity contribution is -0.385. The highest BCUT2D eigenvalue weighted by Gasteiger charge is 2.17. The second-order valence-electron chi connectivity index (χ2n) is 2.98. The van der Waals surface area contributed by atoms with E-state index in [1.54, 1.807) is 6.07 Å². The molecule has 0 amide bonds.